The van der Waals surface area contributed by atoms with Crippen molar-refractivity contribution in [1.82, 2.24) is 14.7 Å². The summed E-state index contributed by atoms with van der Waals surface area (Å²) in [5.41, 5.74) is 1.22. The molecule has 0 N–H and O–H groups in total. The third-order valence-electron chi connectivity index (χ3n) is 2.95. The van der Waals surface area contributed by atoms with E-state index in [4.69, 9.17) is 4.74 Å². The first-order chi connectivity index (χ1) is 9.24. The van der Waals surface area contributed by atoms with Gasteiger partial charge in [-0.2, -0.15) is 5.10 Å². The lowest BCUT2D eigenvalue weighted by Crippen LogP contribution is -2.23. The molecule has 19 heavy (non-hydrogen) atoms. The minimum Gasteiger partial charge on any atom is -0.448 e. The Kier molecular flexibility index (Phi) is 2.91. The van der Waals surface area contributed by atoms with Crippen LogP contribution in [0.15, 0.2) is 36.7 Å². The van der Waals surface area contributed by atoms with Crippen LogP contribution >= 0.6 is 0 Å². The zero-order chi connectivity index (χ0) is 13.2. The first-order valence-corrected chi connectivity index (χ1v) is 5.94. The smallest absolute Gasteiger partial charge is 0.410 e. The van der Waals surface area contributed by atoms with Crippen LogP contribution in [0, 0.1) is 5.82 Å². The van der Waals surface area contributed by atoms with Crippen molar-refractivity contribution in [1.29, 1.82) is 0 Å². The highest BCUT2D eigenvalue weighted by atomic mass is 19.1. The number of cyclic esters (lactones) is 1. The average Bonchev–Trinajstić information content (AvgIpc) is 3.01. The molecule has 1 saturated heterocycles. The summed E-state index contributed by atoms with van der Waals surface area (Å²) in [5.74, 6) is -0.335. The molecule has 1 fully saturated rings. The molecule has 6 heteroatoms. The summed E-state index contributed by atoms with van der Waals surface area (Å²) < 4.78 is 19.9. The number of hydrogen-bond acceptors (Lipinski definition) is 3. The fraction of sp³-hybridized carbons (Fsp3) is 0.231. The molecule has 0 bridgehead atoms. The van der Waals surface area contributed by atoms with Gasteiger partial charge in [-0.3, -0.25) is 0 Å². The van der Waals surface area contributed by atoms with Crippen molar-refractivity contribution in [2.24, 2.45) is 0 Å². The van der Waals surface area contributed by atoms with Gasteiger partial charge in [-0.1, -0.05) is 12.1 Å². The summed E-state index contributed by atoms with van der Waals surface area (Å²) >= 11 is 0. The number of carbonyl (C=O) groups excluding carboxylic acids is 1. The van der Waals surface area contributed by atoms with Crippen LogP contribution in [0.4, 0.5) is 9.18 Å². The zero-order valence-electron chi connectivity index (χ0n) is 10.1. The molecule has 1 aromatic heterocycles. The molecular formula is C13H12FN3O2. The maximum Gasteiger partial charge on any atom is 0.410 e. The van der Waals surface area contributed by atoms with Crippen molar-refractivity contribution in [2.75, 3.05) is 13.2 Å². The molecule has 2 heterocycles. The first kappa shape index (κ1) is 11.7. The molecule has 1 aliphatic heterocycles. The van der Waals surface area contributed by atoms with E-state index in [0.29, 0.717) is 25.4 Å². The van der Waals surface area contributed by atoms with E-state index in [1.165, 1.54) is 10.7 Å². The van der Waals surface area contributed by atoms with Crippen LogP contribution in [-0.2, 0) is 11.3 Å². The number of nitrogens with zero attached hydrogens (tertiary/aromatic N) is 3. The molecule has 1 aromatic carbocycles. The molecule has 1 amide bonds. The van der Waals surface area contributed by atoms with Crippen molar-refractivity contribution in [2.45, 2.75) is 6.54 Å². The maximum atomic E-state index is 13.6. The average molecular weight is 261 g/mol. The standard InChI is InChI=1S/C13H12FN3O2/c14-11-3-1-2-4-12(11)17-9-10(7-15-17)8-16-5-6-19-13(16)18/h1-4,7,9H,5-6,8H2. The van der Waals surface area contributed by atoms with E-state index in [0.717, 1.165) is 5.56 Å². The number of hydrogen-bond donors (Lipinski definition) is 0. The van der Waals surface area contributed by atoms with Gasteiger partial charge in [-0.05, 0) is 12.1 Å². The van der Waals surface area contributed by atoms with Gasteiger partial charge < -0.3 is 9.64 Å². The molecule has 0 unspecified atom stereocenters. The molecule has 5 nitrogen and oxygen atoms in total. The van der Waals surface area contributed by atoms with Crippen molar-refractivity contribution in [3.63, 3.8) is 0 Å². The van der Waals surface area contributed by atoms with Crippen LogP contribution in [0.25, 0.3) is 5.69 Å². The monoisotopic (exact) mass is 261 g/mol. The number of amides is 1. The highest BCUT2D eigenvalue weighted by Crippen LogP contribution is 2.14. The second-order valence-corrected chi connectivity index (χ2v) is 4.28. The predicted octanol–water partition coefficient (Wildman–Crippen LogP) is 1.96. The van der Waals surface area contributed by atoms with E-state index in [-0.39, 0.29) is 11.9 Å². The van der Waals surface area contributed by atoms with E-state index < -0.39 is 0 Å². The number of rotatable bonds is 3. The lowest BCUT2D eigenvalue weighted by atomic mass is 10.3. The van der Waals surface area contributed by atoms with Crippen LogP contribution in [0.3, 0.4) is 0 Å². The maximum absolute atomic E-state index is 13.6. The minimum absolute atomic E-state index is 0.321. The highest BCUT2D eigenvalue weighted by molar-refractivity contribution is 5.69. The van der Waals surface area contributed by atoms with Crippen molar-refractivity contribution in [3.05, 3.63) is 48.0 Å². The summed E-state index contributed by atoms with van der Waals surface area (Å²) in [6.07, 6.45) is 3.01. The predicted molar refractivity (Wildman–Crippen MR) is 65.3 cm³/mol. The van der Waals surface area contributed by atoms with Gasteiger partial charge in [-0.15, -0.1) is 0 Å². The number of para-hydroxylation sites is 1. The van der Waals surface area contributed by atoms with Crippen LogP contribution in [0.2, 0.25) is 0 Å². The number of carbonyl (C=O) groups is 1. The number of benzene rings is 1. The Hall–Kier alpha value is -2.37. The van der Waals surface area contributed by atoms with Gasteiger partial charge in [-0.25, -0.2) is 13.9 Å². The Morgan fingerprint density at radius 2 is 2.21 bits per heavy atom. The van der Waals surface area contributed by atoms with Crippen LogP contribution < -0.4 is 0 Å². The van der Waals surface area contributed by atoms with Gasteiger partial charge in [0, 0.05) is 11.8 Å². The summed E-state index contributed by atoms with van der Waals surface area (Å²) in [6, 6.07) is 6.41. The second kappa shape index (κ2) is 4.72. The second-order valence-electron chi connectivity index (χ2n) is 4.28. The summed E-state index contributed by atoms with van der Waals surface area (Å²) in [4.78, 5) is 12.9. The topological polar surface area (TPSA) is 47.4 Å². The van der Waals surface area contributed by atoms with Gasteiger partial charge in [0.25, 0.3) is 0 Å². The fourth-order valence-electron chi connectivity index (χ4n) is 2.00. The quantitative estimate of drug-likeness (QED) is 0.848. The first-order valence-electron chi connectivity index (χ1n) is 5.94. The molecule has 0 aliphatic carbocycles. The number of aromatic nitrogens is 2. The third kappa shape index (κ3) is 2.29. The number of halogens is 1. The highest BCUT2D eigenvalue weighted by Gasteiger charge is 2.22. The lowest BCUT2D eigenvalue weighted by Gasteiger charge is -2.10. The molecule has 3 rings (SSSR count). The Bertz CT molecular complexity index is 611. The van der Waals surface area contributed by atoms with E-state index >= 15 is 0 Å². The number of ether oxygens (including phenoxy) is 1. The Balaban J connectivity index is 1.80. The van der Waals surface area contributed by atoms with Gasteiger partial charge in [0.15, 0.2) is 0 Å². The summed E-state index contributed by atoms with van der Waals surface area (Å²) in [7, 11) is 0. The molecule has 0 saturated carbocycles. The molecule has 0 spiro atoms. The van der Waals surface area contributed by atoms with E-state index in [1.54, 1.807) is 35.5 Å². The van der Waals surface area contributed by atoms with Crippen LogP contribution in [-0.4, -0.2) is 33.9 Å². The van der Waals surface area contributed by atoms with E-state index in [1.807, 2.05) is 0 Å². The van der Waals surface area contributed by atoms with Crippen molar-refractivity contribution < 1.29 is 13.9 Å². The molecule has 0 radical (unpaired) electrons. The van der Waals surface area contributed by atoms with Gasteiger partial charge in [0.1, 0.15) is 18.1 Å². The van der Waals surface area contributed by atoms with Crippen molar-refractivity contribution in [3.8, 4) is 5.69 Å². The van der Waals surface area contributed by atoms with Crippen LogP contribution in [0.5, 0.6) is 0 Å². The summed E-state index contributed by atoms with van der Waals surface area (Å²) in [6.45, 7) is 1.41. The molecule has 1 aliphatic rings. The fourth-order valence-corrected chi connectivity index (χ4v) is 2.00. The zero-order valence-corrected chi connectivity index (χ0v) is 10.1. The normalized spacial score (nSPS) is 14.8. The van der Waals surface area contributed by atoms with E-state index in [2.05, 4.69) is 5.10 Å². The molecule has 98 valence electrons. The molecule has 2 aromatic rings. The Morgan fingerprint density at radius 1 is 1.37 bits per heavy atom. The minimum atomic E-state index is -0.335. The third-order valence-corrected chi connectivity index (χ3v) is 2.95. The molecular weight excluding hydrogens is 249 g/mol. The lowest BCUT2D eigenvalue weighted by molar-refractivity contribution is 0.157. The SMILES string of the molecule is O=C1OCCN1Cc1cnn(-c2ccccc2F)c1. The van der Waals surface area contributed by atoms with Crippen molar-refractivity contribution >= 4 is 6.09 Å². The Labute approximate surface area is 109 Å². The van der Waals surface area contributed by atoms with Gasteiger partial charge >= 0.3 is 6.09 Å². The summed E-state index contributed by atoms with van der Waals surface area (Å²) in [5, 5.41) is 4.11. The van der Waals surface area contributed by atoms with Crippen LogP contribution in [0.1, 0.15) is 5.56 Å². The van der Waals surface area contributed by atoms with E-state index in [9.17, 15) is 9.18 Å². The largest absolute Gasteiger partial charge is 0.448 e. The van der Waals surface area contributed by atoms with Gasteiger partial charge in [0.2, 0.25) is 0 Å². The molecule has 0 atom stereocenters. The van der Waals surface area contributed by atoms with Gasteiger partial charge in [0.05, 0.1) is 19.3 Å². The Morgan fingerprint density at radius 3 is 2.95 bits per heavy atom.